The van der Waals surface area contributed by atoms with E-state index in [2.05, 4.69) is 0 Å². The molecule has 3 N–H and O–H groups in total. The average molecular weight is 212 g/mol. The van der Waals surface area contributed by atoms with Crippen LogP contribution < -0.4 is 4.74 Å². The van der Waals surface area contributed by atoms with Crippen molar-refractivity contribution >= 4 is 0 Å². The van der Waals surface area contributed by atoms with Crippen LogP contribution in [0.4, 0.5) is 0 Å². The highest BCUT2D eigenvalue weighted by molar-refractivity contribution is 5.38. The third-order valence-electron chi connectivity index (χ3n) is 1.30. The van der Waals surface area contributed by atoms with Crippen LogP contribution in [0.5, 0.6) is 11.5 Å². The lowest BCUT2D eigenvalue weighted by atomic mass is 10.3. The Morgan fingerprint density at radius 1 is 1.20 bits per heavy atom. The SMILES string of the molecule is C/C=C/Oc1ccccc1O.OCCO. The molecule has 0 heterocycles. The van der Waals surface area contributed by atoms with Gasteiger partial charge in [0.05, 0.1) is 19.5 Å². The lowest BCUT2D eigenvalue weighted by Gasteiger charge is -2.00. The summed E-state index contributed by atoms with van der Waals surface area (Å²) in [7, 11) is 0. The highest BCUT2D eigenvalue weighted by atomic mass is 16.5. The molecule has 0 unspecified atom stereocenters. The summed E-state index contributed by atoms with van der Waals surface area (Å²) in [5, 5.41) is 24.4. The first-order chi connectivity index (χ1) is 7.26. The molecule has 0 bridgehead atoms. The number of phenols is 1. The van der Waals surface area contributed by atoms with Crippen LogP contribution in [0, 0.1) is 0 Å². The summed E-state index contributed by atoms with van der Waals surface area (Å²) in [6, 6.07) is 6.84. The summed E-state index contributed by atoms with van der Waals surface area (Å²) in [6.45, 7) is 1.60. The van der Waals surface area contributed by atoms with Crippen LogP contribution in [-0.2, 0) is 0 Å². The molecule has 0 amide bonds. The fourth-order valence-electron chi connectivity index (χ4n) is 0.698. The lowest BCUT2D eigenvalue weighted by Crippen LogP contribution is -1.85. The number of allylic oxidation sites excluding steroid dienone is 1. The van der Waals surface area contributed by atoms with Gasteiger partial charge in [-0.2, -0.15) is 0 Å². The number of aromatic hydroxyl groups is 1. The molecule has 15 heavy (non-hydrogen) atoms. The zero-order valence-corrected chi connectivity index (χ0v) is 8.63. The normalized spacial score (nSPS) is 9.53. The highest BCUT2D eigenvalue weighted by Crippen LogP contribution is 2.24. The van der Waals surface area contributed by atoms with Gasteiger partial charge in [0, 0.05) is 0 Å². The molecule has 0 aliphatic carbocycles. The first-order valence-corrected chi connectivity index (χ1v) is 4.53. The van der Waals surface area contributed by atoms with Crippen LogP contribution in [0.25, 0.3) is 0 Å². The van der Waals surface area contributed by atoms with Gasteiger partial charge in [0.15, 0.2) is 11.5 Å². The zero-order chi connectivity index (χ0) is 11.5. The minimum atomic E-state index is -0.125. The van der Waals surface area contributed by atoms with Gasteiger partial charge < -0.3 is 20.1 Å². The minimum Gasteiger partial charge on any atom is -0.504 e. The van der Waals surface area contributed by atoms with Gasteiger partial charge in [0.1, 0.15) is 0 Å². The smallest absolute Gasteiger partial charge is 0.168 e. The number of para-hydroxylation sites is 2. The molecule has 84 valence electrons. The lowest BCUT2D eigenvalue weighted by molar-refractivity contribution is 0.186. The van der Waals surface area contributed by atoms with Crippen LogP contribution in [0.15, 0.2) is 36.6 Å². The third kappa shape index (κ3) is 6.54. The molecule has 0 aromatic heterocycles. The van der Waals surface area contributed by atoms with Crippen molar-refractivity contribution in [3.8, 4) is 11.5 Å². The Hall–Kier alpha value is -1.52. The number of benzene rings is 1. The van der Waals surface area contributed by atoms with Crippen molar-refractivity contribution in [3.63, 3.8) is 0 Å². The maximum Gasteiger partial charge on any atom is 0.168 e. The van der Waals surface area contributed by atoms with Crippen molar-refractivity contribution in [2.24, 2.45) is 0 Å². The van der Waals surface area contributed by atoms with Crippen LogP contribution in [0.1, 0.15) is 6.92 Å². The molecule has 0 saturated heterocycles. The van der Waals surface area contributed by atoms with E-state index in [0.717, 1.165) is 0 Å². The van der Waals surface area contributed by atoms with Crippen molar-refractivity contribution in [2.75, 3.05) is 13.2 Å². The van der Waals surface area contributed by atoms with Crippen molar-refractivity contribution in [2.45, 2.75) is 6.92 Å². The second-order valence-corrected chi connectivity index (χ2v) is 2.50. The van der Waals surface area contributed by atoms with Crippen LogP contribution >= 0.6 is 0 Å². The van der Waals surface area contributed by atoms with Crippen molar-refractivity contribution in [3.05, 3.63) is 36.6 Å². The second-order valence-electron chi connectivity index (χ2n) is 2.50. The molecule has 0 atom stereocenters. The molecule has 4 heteroatoms. The topological polar surface area (TPSA) is 69.9 Å². The summed E-state index contributed by atoms with van der Waals surface area (Å²) in [4.78, 5) is 0. The van der Waals surface area contributed by atoms with Gasteiger partial charge >= 0.3 is 0 Å². The van der Waals surface area contributed by atoms with Crippen LogP contribution in [-0.4, -0.2) is 28.5 Å². The van der Waals surface area contributed by atoms with Gasteiger partial charge in [-0.25, -0.2) is 0 Å². The predicted molar refractivity (Wildman–Crippen MR) is 57.7 cm³/mol. The minimum absolute atomic E-state index is 0.125. The quantitative estimate of drug-likeness (QED) is 0.660. The summed E-state index contributed by atoms with van der Waals surface area (Å²) >= 11 is 0. The molecular weight excluding hydrogens is 196 g/mol. The predicted octanol–water partition coefficient (Wildman–Crippen LogP) is 1.28. The molecule has 1 aromatic rings. The fourth-order valence-corrected chi connectivity index (χ4v) is 0.698. The van der Waals surface area contributed by atoms with E-state index in [1.54, 1.807) is 30.3 Å². The third-order valence-corrected chi connectivity index (χ3v) is 1.30. The number of rotatable bonds is 3. The first kappa shape index (κ1) is 13.5. The molecule has 0 saturated carbocycles. The molecule has 0 radical (unpaired) electrons. The first-order valence-electron chi connectivity index (χ1n) is 4.53. The van der Waals surface area contributed by atoms with Crippen LogP contribution in [0.2, 0.25) is 0 Å². The molecule has 4 nitrogen and oxygen atoms in total. The van der Waals surface area contributed by atoms with Crippen molar-refractivity contribution < 1.29 is 20.1 Å². The summed E-state index contributed by atoms with van der Waals surface area (Å²) in [5.74, 6) is 0.635. The van der Waals surface area contributed by atoms with E-state index in [4.69, 9.17) is 14.9 Å². The number of aliphatic hydroxyl groups is 2. The van der Waals surface area contributed by atoms with Crippen molar-refractivity contribution in [1.82, 2.24) is 0 Å². The summed E-state index contributed by atoms with van der Waals surface area (Å²) < 4.78 is 5.06. The number of ether oxygens (including phenoxy) is 1. The molecular formula is C11H16O4. The summed E-state index contributed by atoms with van der Waals surface area (Å²) in [6.07, 6.45) is 3.28. The Morgan fingerprint density at radius 2 is 1.80 bits per heavy atom. The van der Waals surface area contributed by atoms with E-state index in [1.165, 1.54) is 6.26 Å². The second kappa shape index (κ2) is 9.05. The number of hydrogen-bond acceptors (Lipinski definition) is 4. The number of aliphatic hydroxyl groups excluding tert-OH is 2. The monoisotopic (exact) mass is 212 g/mol. The molecule has 0 aliphatic rings. The fraction of sp³-hybridized carbons (Fsp3) is 0.273. The average Bonchev–Trinajstić information content (AvgIpc) is 2.28. The van der Waals surface area contributed by atoms with E-state index in [1.807, 2.05) is 6.92 Å². The van der Waals surface area contributed by atoms with Gasteiger partial charge in [0.2, 0.25) is 0 Å². The Kier molecular flexibility index (Phi) is 8.13. The van der Waals surface area contributed by atoms with E-state index in [-0.39, 0.29) is 19.0 Å². The zero-order valence-electron chi connectivity index (χ0n) is 8.63. The van der Waals surface area contributed by atoms with Gasteiger partial charge in [-0.3, -0.25) is 0 Å². The van der Waals surface area contributed by atoms with Gasteiger partial charge in [-0.05, 0) is 19.1 Å². The molecule has 0 spiro atoms. The van der Waals surface area contributed by atoms with E-state index in [9.17, 15) is 5.11 Å². The van der Waals surface area contributed by atoms with E-state index < -0.39 is 0 Å². The molecule has 1 aromatic carbocycles. The standard InChI is InChI=1S/C9H10O2.C2H6O2/c1-2-7-11-9-6-4-3-5-8(9)10;3-1-2-4/h2-7,10H,1H3;3-4H,1-2H2/b7-2+;. The molecule has 1 rings (SSSR count). The Labute approximate surface area is 89.1 Å². The Balaban J connectivity index is 0.000000423. The number of hydrogen-bond donors (Lipinski definition) is 3. The largest absolute Gasteiger partial charge is 0.504 e. The van der Waals surface area contributed by atoms with Gasteiger partial charge in [-0.1, -0.05) is 18.2 Å². The maximum absolute atomic E-state index is 9.18. The maximum atomic E-state index is 9.18. The Bertz CT molecular complexity index is 282. The van der Waals surface area contributed by atoms with Crippen molar-refractivity contribution in [1.29, 1.82) is 0 Å². The van der Waals surface area contributed by atoms with Gasteiger partial charge in [-0.15, -0.1) is 0 Å². The molecule has 0 fully saturated rings. The summed E-state index contributed by atoms with van der Waals surface area (Å²) in [5.41, 5.74) is 0. The van der Waals surface area contributed by atoms with Crippen LogP contribution in [0.3, 0.4) is 0 Å². The highest BCUT2D eigenvalue weighted by Gasteiger charge is 1.95. The van der Waals surface area contributed by atoms with E-state index in [0.29, 0.717) is 5.75 Å². The number of phenolic OH excluding ortho intramolecular Hbond substituents is 1. The van der Waals surface area contributed by atoms with Gasteiger partial charge in [0.25, 0.3) is 0 Å². The van der Waals surface area contributed by atoms with E-state index >= 15 is 0 Å². The molecule has 0 aliphatic heterocycles. The Morgan fingerprint density at radius 3 is 2.27 bits per heavy atom.